The van der Waals surface area contributed by atoms with Crippen LogP contribution in [-0.4, -0.2) is 31.4 Å². The van der Waals surface area contributed by atoms with Gasteiger partial charge < -0.3 is 15.4 Å². The number of carbonyl (C=O) groups excluding carboxylic acids is 3. The van der Waals surface area contributed by atoms with E-state index in [9.17, 15) is 14.4 Å². The third kappa shape index (κ3) is 5.07. The molecule has 0 radical (unpaired) electrons. The molecule has 1 rings (SSSR count). The molecular weight excluding hydrogens is 296 g/mol. The van der Waals surface area contributed by atoms with Crippen LogP contribution in [0.2, 0.25) is 5.02 Å². The molecule has 2 N–H and O–H groups in total. The lowest BCUT2D eigenvalue weighted by Gasteiger charge is -2.10. The van der Waals surface area contributed by atoms with Gasteiger partial charge in [-0.1, -0.05) is 25.4 Å². The normalized spacial score (nSPS) is 10.1. The van der Waals surface area contributed by atoms with E-state index in [-0.39, 0.29) is 34.6 Å². The van der Waals surface area contributed by atoms with Crippen LogP contribution in [-0.2, 0) is 14.3 Å². The van der Waals surface area contributed by atoms with Crippen molar-refractivity contribution in [1.82, 2.24) is 5.32 Å². The van der Waals surface area contributed by atoms with Crippen LogP contribution in [0, 0.1) is 5.92 Å². The zero-order valence-electron chi connectivity index (χ0n) is 12.0. The highest BCUT2D eigenvalue weighted by Gasteiger charge is 2.13. The molecule has 21 heavy (non-hydrogen) atoms. The SMILES string of the molecule is COC(=O)c1ccc(Cl)c(NC(=O)CNC(=O)C(C)C)c1. The minimum absolute atomic E-state index is 0.171. The van der Waals surface area contributed by atoms with Crippen molar-refractivity contribution in [2.75, 3.05) is 19.0 Å². The van der Waals surface area contributed by atoms with E-state index in [0.29, 0.717) is 0 Å². The summed E-state index contributed by atoms with van der Waals surface area (Å²) in [5.41, 5.74) is 0.548. The zero-order valence-corrected chi connectivity index (χ0v) is 12.8. The monoisotopic (exact) mass is 312 g/mol. The first-order valence-electron chi connectivity index (χ1n) is 6.30. The molecule has 0 aliphatic carbocycles. The van der Waals surface area contributed by atoms with E-state index in [1.54, 1.807) is 13.8 Å². The van der Waals surface area contributed by atoms with E-state index in [1.165, 1.54) is 25.3 Å². The third-order valence-electron chi connectivity index (χ3n) is 2.61. The fourth-order valence-corrected chi connectivity index (χ4v) is 1.60. The van der Waals surface area contributed by atoms with Gasteiger partial charge in [-0.25, -0.2) is 4.79 Å². The highest BCUT2D eigenvalue weighted by Crippen LogP contribution is 2.23. The average molecular weight is 313 g/mol. The Kier molecular flexibility index (Phi) is 6.17. The van der Waals surface area contributed by atoms with Crippen LogP contribution in [0.25, 0.3) is 0 Å². The van der Waals surface area contributed by atoms with Crippen LogP contribution in [0.3, 0.4) is 0 Å². The van der Waals surface area contributed by atoms with Gasteiger partial charge in [0.05, 0.1) is 29.9 Å². The van der Waals surface area contributed by atoms with Crippen LogP contribution in [0.1, 0.15) is 24.2 Å². The number of carbonyl (C=O) groups is 3. The molecule has 0 saturated heterocycles. The van der Waals surface area contributed by atoms with Gasteiger partial charge in [0.15, 0.2) is 0 Å². The summed E-state index contributed by atoms with van der Waals surface area (Å²) in [7, 11) is 1.26. The van der Waals surface area contributed by atoms with Gasteiger partial charge in [-0.05, 0) is 18.2 Å². The summed E-state index contributed by atoms with van der Waals surface area (Å²) in [6, 6.07) is 4.39. The average Bonchev–Trinajstić information content (AvgIpc) is 2.46. The van der Waals surface area contributed by atoms with Crippen molar-refractivity contribution in [3.8, 4) is 0 Å². The molecule has 114 valence electrons. The molecule has 0 unspecified atom stereocenters. The molecular formula is C14H17ClN2O4. The van der Waals surface area contributed by atoms with Gasteiger partial charge in [-0.3, -0.25) is 9.59 Å². The molecule has 7 heteroatoms. The summed E-state index contributed by atoms with van der Waals surface area (Å²) >= 11 is 5.95. The largest absolute Gasteiger partial charge is 0.465 e. The van der Waals surface area contributed by atoms with Crippen molar-refractivity contribution < 1.29 is 19.1 Å². The Bertz CT molecular complexity index is 558. The molecule has 1 aromatic rings. The molecule has 0 spiro atoms. The van der Waals surface area contributed by atoms with Crippen LogP contribution >= 0.6 is 11.6 Å². The number of esters is 1. The van der Waals surface area contributed by atoms with Crippen molar-refractivity contribution in [3.05, 3.63) is 28.8 Å². The predicted molar refractivity (Wildman–Crippen MR) is 79.3 cm³/mol. The number of nitrogens with one attached hydrogen (secondary N) is 2. The molecule has 0 atom stereocenters. The molecule has 0 fully saturated rings. The molecule has 0 saturated carbocycles. The Morgan fingerprint density at radius 3 is 2.52 bits per heavy atom. The van der Waals surface area contributed by atoms with Gasteiger partial charge in [0, 0.05) is 5.92 Å². The first-order chi connectivity index (χ1) is 9.85. The zero-order chi connectivity index (χ0) is 16.0. The number of methoxy groups -OCH3 is 1. The summed E-state index contributed by atoms with van der Waals surface area (Å²) in [4.78, 5) is 34.5. The summed E-state index contributed by atoms with van der Waals surface area (Å²) < 4.78 is 4.59. The number of halogens is 1. The third-order valence-corrected chi connectivity index (χ3v) is 2.94. The van der Waals surface area contributed by atoms with Gasteiger partial charge in [0.2, 0.25) is 11.8 Å². The minimum Gasteiger partial charge on any atom is -0.465 e. The minimum atomic E-state index is -0.532. The topological polar surface area (TPSA) is 84.5 Å². The number of amides is 2. The maximum absolute atomic E-state index is 11.7. The molecule has 0 aromatic heterocycles. The van der Waals surface area contributed by atoms with Crippen molar-refractivity contribution in [1.29, 1.82) is 0 Å². The quantitative estimate of drug-likeness (QED) is 0.812. The number of hydrogen-bond donors (Lipinski definition) is 2. The maximum Gasteiger partial charge on any atom is 0.337 e. The maximum atomic E-state index is 11.7. The summed E-state index contributed by atoms with van der Waals surface area (Å²) in [5, 5.41) is 5.30. The van der Waals surface area contributed by atoms with Crippen molar-refractivity contribution in [2.24, 2.45) is 5.92 Å². The van der Waals surface area contributed by atoms with E-state index in [1.807, 2.05) is 0 Å². The van der Waals surface area contributed by atoms with E-state index in [2.05, 4.69) is 15.4 Å². The van der Waals surface area contributed by atoms with E-state index < -0.39 is 11.9 Å². The Morgan fingerprint density at radius 1 is 1.29 bits per heavy atom. The number of ether oxygens (including phenoxy) is 1. The molecule has 0 aliphatic rings. The van der Waals surface area contributed by atoms with Crippen LogP contribution in [0.5, 0.6) is 0 Å². The lowest BCUT2D eigenvalue weighted by molar-refractivity contribution is -0.126. The molecule has 0 bridgehead atoms. The Morgan fingerprint density at radius 2 is 1.95 bits per heavy atom. The second-order valence-electron chi connectivity index (χ2n) is 4.61. The second-order valence-corrected chi connectivity index (χ2v) is 5.01. The summed E-state index contributed by atoms with van der Waals surface area (Å²) in [6.07, 6.45) is 0. The number of benzene rings is 1. The van der Waals surface area contributed by atoms with Gasteiger partial charge in [0.25, 0.3) is 0 Å². The first kappa shape index (κ1) is 17.0. The van der Waals surface area contributed by atoms with E-state index >= 15 is 0 Å². The van der Waals surface area contributed by atoms with Crippen LogP contribution in [0.4, 0.5) is 5.69 Å². The van der Waals surface area contributed by atoms with E-state index in [4.69, 9.17) is 11.6 Å². The van der Waals surface area contributed by atoms with Crippen molar-refractivity contribution in [3.63, 3.8) is 0 Å². The second kappa shape index (κ2) is 7.64. The van der Waals surface area contributed by atoms with Gasteiger partial charge in [0.1, 0.15) is 0 Å². The number of hydrogen-bond acceptors (Lipinski definition) is 4. The molecule has 6 nitrogen and oxygen atoms in total. The van der Waals surface area contributed by atoms with Crippen LogP contribution in [0.15, 0.2) is 18.2 Å². The van der Waals surface area contributed by atoms with Crippen LogP contribution < -0.4 is 10.6 Å². The highest BCUT2D eigenvalue weighted by molar-refractivity contribution is 6.33. The van der Waals surface area contributed by atoms with Crippen molar-refractivity contribution in [2.45, 2.75) is 13.8 Å². The van der Waals surface area contributed by atoms with Crippen molar-refractivity contribution >= 4 is 35.1 Å². The predicted octanol–water partition coefficient (Wildman–Crippen LogP) is 1.84. The Hall–Kier alpha value is -2.08. The first-order valence-corrected chi connectivity index (χ1v) is 6.68. The fourth-order valence-electron chi connectivity index (χ4n) is 1.43. The Balaban J connectivity index is 2.71. The molecule has 0 aliphatic heterocycles. The summed E-state index contributed by atoms with van der Waals surface area (Å²) in [6.45, 7) is 3.28. The fraction of sp³-hybridized carbons (Fsp3) is 0.357. The lowest BCUT2D eigenvalue weighted by Crippen LogP contribution is -2.35. The van der Waals surface area contributed by atoms with Gasteiger partial charge in [-0.2, -0.15) is 0 Å². The molecule has 2 amide bonds. The number of anilines is 1. The molecule has 1 aromatic carbocycles. The lowest BCUT2D eigenvalue weighted by atomic mass is 10.2. The molecule has 0 heterocycles. The summed E-state index contributed by atoms with van der Waals surface area (Å²) in [5.74, 6) is -1.40. The van der Waals surface area contributed by atoms with Gasteiger partial charge in [-0.15, -0.1) is 0 Å². The standard InChI is InChI=1S/C14H17ClN2O4/c1-8(2)13(19)16-7-12(18)17-11-6-9(14(20)21-3)4-5-10(11)15/h4-6,8H,7H2,1-3H3,(H,16,19)(H,17,18). The smallest absolute Gasteiger partial charge is 0.337 e. The highest BCUT2D eigenvalue weighted by atomic mass is 35.5. The Labute approximate surface area is 127 Å². The number of rotatable bonds is 5. The van der Waals surface area contributed by atoms with Gasteiger partial charge >= 0.3 is 5.97 Å². The van der Waals surface area contributed by atoms with E-state index in [0.717, 1.165) is 0 Å².